The van der Waals surface area contributed by atoms with Gasteiger partial charge in [-0.25, -0.2) is 4.79 Å². The Bertz CT molecular complexity index is 968. The van der Waals surface area contributed by atoms with Crippen LogP contribution in [-0.4, -0.2) is 38.3 Å². The first-order valence-corrected chi connectivity index (χ1v) is 10.4. The second-order valence-electron chi connectivity index (χ2n) is 7.65. The van der Waals surface area contributed by atoms with Gasteiger partial charge >= 0.3 is 12.1 Å². The number of alkyl halides is 3. The van der Waals surface area contributed by atoms with Gasteiger partial charge in [-0.1, -0.05) is 43.3 Å². The topological polar surface area (TPSA) is 91.2 Å². The van der Waals surface area contributed by atoms with E-state index in [1.54, 1.807) is 49.4 Å². The van der Waals surface area contributed by atoms with E-state index in [-0.39, 0.29) is 36.9 Å². The minimum atomic E-state index is -4.49. The van der Waals surface area contributed by atoms with Crippen LogP contribution in [0.25, 0.3) is 11.1 Å². The van der Waals surface area contributed by atoms with Gasteiger partial charge in [0.25, 0.3) is 0 Å². The third-order valence-corrected chi connectivity index (χ3v) is 5.09. The van der Waals surface area contributed by atoms with Crippen LogP contribution in [0, 0.1) is 17.2 Å². The molecule has 0 saturated heterocycles. The fourth-order valence-corrected chi connectivity index (χ4v) is 3.31. The second kappa shape index (κ2) is 12.0. The first-order chi connectivity index (χ1) is 15.7. The summed E-state index contributed by atoms with van der Waals surface area (Å²) < 4.78 is 45.6. The Labute approximate surface area is 190 Å². The van der Waals surface area contributed by atoms with Gasteiger partial charge in [0, 0.05) is 6.42 Å². The number of amides is 1. The summed E-state index contributed by atoms with van der Waals surface area (Å²) in [5.74, 6) is -0.903. The number of rotatable bonds is 10. The van der Waals surface area contributed by atoms with Crippen LogP contribution in [-0.2, 0) is 9.53 Å². The summed E-state index contributed by atoms with van der Waals surface area (Å²) in [4.78, 5) is 23.2. The maximum atomic E-state index is 13.7. The number of ether oxygens (including phenoxy) is 1. The van der Waals surface area contributed by atoms with Crippen LogP contribution >= 0.6 is 0 Å². The molecular formula is C24H26F3N3O3. The summed E-state index contributed by atoms with van der Waals surface area (Å²) in [5, 5.41) is 13.4. The van der Waals surface area contributed by atoms with Crippen LogP contribution in [0.1, 0.15) is 41.7 Å². The lowest BCUT2D eigenvalue weighted by atomic mass is 9.99. The van der Waals surface area contributed by atoms with E-state index in [1.165, 1.54) is 19.2 Å². The molecule has 6 nitrogen and oxygen atoms in total. The molecule has 0 aliphatic heterocycles. The zero-order valence-electron chi connectivity index (χ0n) is 18.4. The molecule has 2 N–H and O–H groups in total. The molecule has 33 heavy (non-hydrogen) atoms. The fraction of sp³-hybridized carbons (Fsp3) is 0.375. The fourth-order valence-electron chi connectivity index (χ4n) is 3.31. The molecule has 0 aromatic heterocycles. The predicted molar refractivity (Wildman–Crippen MR) is 117 cm³/mol. The summed E-state index contributed by atoms with van der Waals surface area (Å²) in [5.41, 5.74) is 1.94. The second-order valence-corrected chi connectivity index (χ2v) is 7.65. The highest BCUT2D eigenvalue weighted by atomic mass is 19.4. The van der Waals surface area contributed by atoms with E-state index in [0.717, 1.165) is 5.56 Å². The molecule has 9 heteroatoms. The van der Waals surface area contributed by atoms with Crippen LogP contribution in [0.3, 0.4) is 0 Å². The summed E-state index contributed by atoms with van der Waals surface area (Å²) in [6, 6.07) is 12.6. The normalized spacial score (nSPS) is 13.0. The van der Waals surface area contributed by atoms with Crippen molar-refractivity contribution in [2.75, 3.05) is 20.2 Å². The van der Waals surface area contributed by atoms with Crippen LogP contribution in [0.15, 0.2) is 48.5 Å². The minimum absolute atomic E-state index is 0.0770. The number of halogens is 3. The Morgan fingerprint density at radius 1 is 1.06 bits per heavy atom. The maximum absolute atomic E-state index is 13.7. The van der Waals surface area contributed by atoms with Gasteiger partial charge in [0.2, 0.25) is 5.91 Å². The van der Waals surface area contributed by atoms with Gasteiger partial charge in [0.05, 0.1) is 18.7 Å². The van der Waals surface area contributed by atoms with Crippen molar-refractivity contribution in [3.05, 3.63) is 59.7 Å². The van der Waals surface area contributed by atoms with E-state index in [9.17, 15) is 22.8 Å². The van der Waals surface area contributed by atoms with E-state index >= 15 is 0 Å². The Kier molecular flexibility index (Phi) is 9.43. The predicted octanol–water partition coefficient (Wildman–Crippen LogP) is 4.39. The number of benzene rings is 2. The number of esters is 1. The van der Waals surface area contributed by atoms with E-state index in [0.29, 0.717) is 17.5 Å². The number of methoxy groups -OCH3 is 1. The Hall–Kier alpha value is -3.38. The number of carbonyl (C=O) groups excluding carboxylic acids is 2. The zero-order valence-corrected chi connectivity index (χ0v) is 18.4. The van der Waals surface area contributed by atoms with E-state index in [2.05, 4.69) is 15.4 Å². The van der Waals surface area contributed by atoms with Crippen molar-refractivity contribution in [3.8, 4) is 17.2 Å². The molecule has 0 heterocycles. The van der Waals surface area contributed by atoms with Crippen molar-refractivity contribution in [2.45, 2.75) is 32.0 Å². The van der Waals surface area contributed by atoms with E-state index in [4.69, 9.17) is 5.26 Å². The molecule has 2 aromatic carbocycles. The van der Waals surface area contributed by atoms with Crippen molar-refractivity contribution in [3.63, 3.8) is 0 Å². The first kappa shape index (κ1) is 25.9. The molecular weight excluding hydrogens is 435 g/mol. The smallest absolute Gasteiger partial charge is 0.407 e. The highest BCUT2D eigenvalue weighted by Gasteiger charge is 2.40. The molecule has 0 spiro atoms. The average molecular weight is 461 g/mol. The molecule has 0 aliphatic rings. The average Bonchev–Trinajstić information content (AvgIpc) is 2.79. The molecule has 2 unspecified atom stereocenters. The van der Waals surface area contributed by atoms with Gasteiger partial charge in [-0.15, -0.1) is 0 Å². The van der Waals surface area contributed by atoms with Crippen LogP contribution in [0.5, 0.6) is 0 Å². The number of nitrogens with one attached hydrogen (secondary N) is 2. The van der Waals surface area contributed by atoms with Crippen LogP contribution < -0.4 is 10.6 Å². The Morgan fingerprint density at radius 3 is 2.15 bits per heavy atom. The SMILES string of the molecule is COC(=O)c1ccc(-c2ccc(C(NCCC(C)CC(=O)NCC#N)C(F)(F)F)cc2)cc1. The monoisotopic (exact) mass is 461 g/mol. The van der Waals surface area contributed by atoms with Crippen molar-refractivity contribution >= 4 is 11.9 Å². The lowest BCUT2D eigenvalue weighted by molar-refractivity contribution is -0.157. The van der Waals surface area contributed by atoms with Crippen molar-refractivity contribution in [2.24, 2.45) is 5.92 Å². The van der Waals surface area contributed by atoms with Gasteiger partial charge in [-0.05, 0) is 47.7 Å². The lowest BCUT2D eigenvalue weighted by Gasteiger charge is -2.23. The van der Waals surface area contributed by atoms with Gasteiger partial charge in [0.15, 0.2) is 0 Å². The molecule has 176 valence electrons. The molecule has 2 aromatic rings. The minimum Gasteiger partial charge on any atom is -0.465 e. The largest absolute Gasteiger partial charge is 0.465 e. The van der Waals surface area contributed by atoms with Gasteiger partial charge < -0.3 is 15.4 Å². The summed E-state index contributed by atoms with van der Waals surface area (Å²) in [6.45, 7) is 1.76. The number of carbonyl (C=O) groups is 2. The molecule has 0 saturated carbocycles. The third-order valence-electron chi connectivity index (χ3n) is 5.09. The van der Waals surface area contributed by atoms with Crippen molar-refractivity contribution in [1.29, 1.82) is 5.26 Å². The Morgan fingerprint density at radius 2 is 1.64 bits per heavy atom. The summed E-state index contributed by atoms with van der Waals surface area (Å²) in [7, 11) is 1.29. The highest BCUT2D eigenvalue weighted by molar-refractivity contribution is 5.90. The number of hydrogen-bond acceptors (Lipinski definition) is 5. The maximum Gasteiger partial charge on any atom is 0.407 e. The van der Waals surface area contributed by atoms with E-state index < -0.39 is 18.2 Å². The molecule has 2 rings (SSSR count). The molecule has 0 radical (unpaired) electrons. The van der Waals surface area contributed by atoms with Gasteiger partial charge in [-0.3, -0.25) is 4.79 Å². The number of nitriles is 1. The molecule has 1 amide bonds. The van der Waals surface area contributed by atoms with Crippen molar-refractivity contribution < 1.29 is 27.5 Å². The zero-order chi connectivity index (χ0) is 24.4. The summed E-state index contributed by atoms with van der Waals surface area (Å²) in [6.07, 6.45) is -3.97. The third kappa shape index (κ3) is 7.91. The lowest BCUT2D eigenvalue weighted by Crippen LogP contribution is -2.35. The summed E-state index contributed by atoms with van der Waals surface area (Å²) >= 11 is 0. The first-order valence-electron chi connectivity index (χ1n) is 10.4. The quantitative estimate of drug-likeness (QED) is 0.405. The highest BCUT2D eigenvalue weighted by Crippen LogP contribution is 2.34. The molecule has 0 fully saturated rings. The molecule has 2 atom stereocenters. The van der Waals surface area contributed by atoms with Crippen LogP contribution in [0.4, 0.5) is 13.2 Å². The molecule has 0 bridgehead atoms. The van der Waals surface area contributed by atoms with Gasteiger partial charge in [0.1, 0.15) is 12.6 Å². The van der Waals surface area contributed by atoms with Crippen LogP contribution in [0.2, 0.25) is 0 Å². The standard InChI is InChI=1S/C24H26F3N3O3/c1-16(15-21(31)29-14-12-28)11-13-30-22(24(25,26)27)19-7-3-17(4-8-19)18-5-9-20(10-6-18)23(32)33-2/h3-10,16,22,30H,11,13-15H2,1-2H3,(H,29,31). The van der Waals surface area contributed by atoms with Crippen molar-refractivity contribution in [1.82, 2.24) is 10.6 Å². The molecule has 0 aliphatic carbocycles. The Balaban J connectivity index is 2.01. The van der Waals surface area contributed by atoms with Gasteiger partial charge in [-0.2, -0.15) is 18.4 Å². The number of hydrogen-bond donors (Lipinski definition) is 2. The van der Waals surface area contributed by atoms with E-state index in [1.807, 2.05) is 0 Å². The number of nitrogens with zero attached hydrogens (tertiary/aromatic N) is 1.